The van der Waals surface area contributed by atoms with Crippen LogP contribution < -0.4 is 11.4 Å². The highest BCUT2D eigenvalue weighted by molar-refractivity contribution is 7.61. The summed E-state index contributed by atoms with van der Waals surface area (Å²) in [4.78, 5) is 61.9. The molecule has 2 rings (SSSR count). The number of nitrogens with two attached hydrogens (primary N) is 1. The number of anilines is 1. The van der Waals surface area contributed by atoms with E-state index >= 15 is 0 Å². The van der Waals surface area contributed by atoms with Crippen LogP contribution in [0.4, 0.5) is 5.82 Å². The molecule has 20 heteroatoms. The summed E-state index contributed by atoms with van der Waals surface area (Å²) in [5, 5.41) is 20.9. The maximum atomic E-state index is 12.8. The van der Waals surface area contributed by atoms with Gasteiger partial charge < -0.3 is 39.9 Å². The molecular weight excluding hydrogens is 920 g/mol. The summed E-state index contributed by atoms with van der Waals surface area (Å²) >= 11 is 0. The lowest BCUT2D eigenvalue weighted by atomic mass is 10.1. The van der Waals surface area contributed by atoms with Crippen LogP contribution >= 0.6 is 15.6 Å². The third kappa shape index (κ3) is 29.4. The van der Waals surface area contributed by atoms with Crippen molar-refractivity contribution in [3.05, 3.63) is 47.1 Å². The zero-order chi connectivity index (χ0) is 49.9. The van der Waals surface area contributed by atoms with Crippen LogP contribution in [0, 0.1) is 0 Å². The Morgan fingerprint density at radius 1 is 0.691 bits per heavy atom. The number of carbonyl (C=O) groups is 2. The van der Waals surface area contributed by atoms with Crippen LogP contribution in [0.25, 0.3) is 0 Å². The Balaban J connectivity index is 1.81. The topological polar surface area (TPSA) is 265 Å². The fourth-order valence-corrected chi connectivity index (χ4v) is 9.65. The summed E-state index contributed by atoms with van der Waals surface area (Å²) in [6.07, 6.45) is 31.1. The first-order chi connectivity index (χ1) is 32.7. The number of carbonyl (C=O) groups excluding carboxylic acids is 2. The Morgan fingerprint density at radius 3 is 1.66 bits per heavy atom. The summed E-state index contributed by atoms with van der Waals surface area (Å²) in [6, 6.07) is 1.25. The number of ether oxygens (including phenoxy) is 3. The summed E-state index contributed by atoms with van der Waals surface area (Å²) in [7, 11) is -10.8. The number of unbranched alkanes of at least 4 members (excludes halogenated alkanes) is 22. The maximum absolute atomic E-state index is 12.8. The average Bonchev–Trinajstić information content (AvgIpc) is 3.57. The highest BCUT2D eigenvalue weighted by Gasteiger charge is 2.46. The number of allylic oxidation sites excluding steroid dienone is 4. The van der Waals surface area contributed by atoms with Crippen molar-refractivity contribution in [2.75, 3.05) is 25.6 Å². The van der Waals surface area contributed by atoms with E-state index < -0.39 is 83.7 Å². The van der Waals surface area contributed by atoms with Crippen LogP contribution in [0.5, 0.6) is 0 Å². The van der Waals surface area contributed by atoms with E-state index in [1.807, 2.05) is 0 Å². The van der Waals surface area contributed by atoms with Crippen molar-refractivity contribution in [2.24, 2.45) is 0 Å². The van der Waals surface area contributed by atoms with Crippen LogP contribution in [0.3, 0.4) is 0 Å². The minimum atomic E-state index is -5.42. The molecule has 68 heavy (non-hydrogen) atoms. The van der Waals surface area contributed by atoms with Crippen molar-refractivity contribution in [3.8, 4) is 0 Å². The van der Waals surface area contributed by atoms with Gasteiger partial charge in [0, 0.05) is 19.0 Å². The largest absolute Gasteiger partial charge is 0.481 e. The summed E-state index contributed by atoms with van der Waals surface area (Å²) in [5.74, 6) is -1.30. The Labute approximate surface area is 405 Å². The third-order valence-electron chi connectivity index (χ3n) is 11.5. The quantitative estimate of drug-likeness (QED) is 0.0176. The van der Waals surface area contributed by atoms with Gasteiger partial charge in [0.05, 0.1) is 13.2 Å². The van der Waals surface area contributed by atoms with Gasteiger partial charge in [0.25, 0.3) is 0 Å². The number of aliphatic hydroxyl groups excluding tert-OH is 2. The van der Waals surface area contributed by atoms with Crippen LogP contribution in [-0.4, -0.2) is 85.7 Å². The minimum absolute atomic E-state index is 0.0451. The third-order valence-corrected chi connectivity index (χ3v) is 14.1. The number of aliphatic hydroxyl groups is 2. The molecule has 0 spiro atoms. The maximum Gasteiger partial charge on any atom is 0.481 e. The smallest absolute Gasteiger partial charge is 0.462 e. The van der Waals surface area contributed by atoms with E-state index in [9.17, 15) is 43.5 Å². The van der Waals surface area contributed by atoms with Gasteiger partial charge in [-0.1, -0.05) is 141 Å². The van der Waals surface area contributed by atoms with Crippen molar-refractivity contribution in [1.82, 2.24) is 9.55 Å². The molecule has 18 nitrogen and oxygen atoms in total. The number of nitrogens with zero attached hydrogens (tertiary/aromatic N) is 2. The number of esters is 2. The van der Waals surface area contributed by atoms with Crippen molar-refractivity contribution < 1.29 is 66.3 Å². The molecule has 2 heterocycles. The number of hydrogen-bond donors (Lipinski definition) is 5. The van der Waals surface area contributed by atoms with E-state index in [-0.39, 0.29) is 18.7 Å². The first-order valence-electron chi connectivity index (χ1n) is 25.3. The summed E-state index contributed by atoms with van der Waals surface area (Å²) in [6.45, 7) is 2.14. The van der Waals surface area contributed by atoms with Gasteiger partial charge in [-0.3, -0.25) is 23.2 Å². The molecule has 1 aromatic heterocycles. The predicted octanol–water partition coefficient (Wildman–Crippen LogP) is 10.2. The van der Waals surface area contributed by atoms with Crippen LogP contribution in [0.2, 0.25) is 0 Å². The predicted molar refractivity (Wildman–Crippen MR) is 261 cm³/mol. The number of hydrogen-bond acceptors (Lipinski definition) is 15. The molecule has 1 aliphatic heterocycles. The number of phosphoric acid groups is 2. The van der Waals surface area contributed by atoms with E-state index in [1.54, 1.807) is 0 Å². The minimum Gasteiger partial charge on any atom is -0.462 e. The molecule has 0 radical (unpaired) electrons. The number of rotatable bonds is 42. The van der Waals surface area contributed by atoms with Gasteiger partial charge >= 0.3 is 33.3 Å². The molecule has 7 atom stereocenters. The van der Waals surface area contributed by atoms with Gasteiger partial charge in [-0.25, -0.2) is 13.9 Å². The molecule has 392 valence electrons. The SMILES string of the molecule is CCCCCCC=CCCCCCCCCCC(=O)OC(COC(=O)CCCCCCCC=CCCCCCCCC)COP(=O)(O)OP(=O)(O)OCC1OC(n2ccc(N)nc2=O)C(O)C1O. The molecule has 0 saturated carbocycles. The normalized spacial score (nSPS) is 19.6. The second-order valence-electron chi connectivity index (χ2n) is 17.7. The molecule has 7 unspecified atom stereocenters. The van der Waals surface area contributed by atoms with Crippen molar-refractivity contribution >= 4 is 33.4 Å². The van der Waals surface area contributed by atoms with Gasteiger partial charge in [0.15, 0.2) is 12.3 Å². The van der Waals surface area contributed by atoms with Gasteiger partial charge in [-0.15, -0.1) is 0 Å². The molecule has 0 amide bonds. The summed E-state index contributed by atoms with van der Waals surface area (Å²) in [5.41, 5.74) is 4.59. The van der Waals surface area contributed by atoms with Crippen molar-refractivity contribution in [2.45, 2.75) is 224 Å². The molecule has 6 N–H and O–H groups in total. The molecule has 0 aromatic carbocycles. The fourth-order valence-electron chi connectivity index (χ4n) is 7.54. The van der Waals surface area contributed by atoms with Gasteiger partial charge in [0.1, 0.15) is 30.7 Å². The first-order valence-corrected chi connectivity index (χ1v) is 28.3. The second-order valence-corrected chi connectivity index (χ2v) is 20.7. The van der Waals surface area contributed by atoms with Gasteiger partial charge in [-0.2, -0.15) is 9.29 Å². The summed E-state index contributed by atoms with van der Waals surface area (Å²) < 4.78 is 56.8. The zero-order valence-corrected chi connectivity index (χ0v) is 42.7. The Kier molecular flexibility index (Phi) is 33.5. The molecule has 0 bridgehead atoms. The monoisotopic (exact) mass is 1010 g/mol. The van der Waals surface area contributed by atoms with E-state index in [1.165, 1.54) is 76.5 Å². The molecular formula is C48H85N3O15P2. The highest BCUT2D eigenvalue weighted by Crippen LogP contribution is 2.60. The van der Waals surface area contributed by atoms with Crippen LogP contribution in [0.1, 0.15) is 200 Å². The highest BCUT2D eigenvalue weighted by atomic mass is 31.3. The number of aromatic nitrogens is 2. The van der Waals surface area contributed by atoms with Crippen LogP contribution in [0.15, 0.2) is 41.4 Å². The Morgan fingerprint density at radius 2 is 1.15 bits per heavy atom. The second kappa shape index (κ2) is 37.1. The average molecular weight is 1010 g/mol. The van der Waals surface area contributed by atoms with Crippen LogP contribution in [-0.2, 0) is 46.3 Å². The molecule has 1 aliphatic rings. The van der Waals surface area contributed by atoms with Crippen molar-refractivity contribution in [1.29, 1.82) is 0 Å². The fraction of sp³-hybridized carbons (Fsp3) is 0.792. The molecule has 0 aliphatic carbocycles. The van der Waals surface area contributed by atoms with E-state index in [0.717, 1.165) is 94.5 Å². The van der Waals surface area contributed by atoms with Gasteiger partial charge in [0.2, 0.25) is 0 Å². The first kappa shape index (κ1) is 61.4. The molecule has 1 fully saturated rings. The standard InChI is InChI=1S/C48H85N3O15P2/c1-3-5-7-9-11-13-15-17-19-21-23-25-27-29-31-33-43(52)61-37-40(64-44(53)34-32-30-28-26-24-22-20-18-16-14-12-10-8-6-4-2)38-62-67(57,58)66-68(59,60)63-39-41-45(54)46(55)47(65-41)51-36-35-42(49)50-48(51)56/h14,16-17,19,35-36,40-41,45-47,54-55H,3-13,15,18,20-34,37-39H2,1-2H3,(H,57,58)(H,59,60)(H2,49,50,56). The van der Waals surface area contributed by atoms with Crippen molar-refractivity contribution in [3.63, 3.8) is 0 Å². The van der Waals surface area contributed by atoms with E-state index in [0.29, 0.717) is 12.8 Å². The zero-order valence-electron chi connectivity index (χ0n) is 40.9. The lowest BCUT2D eigenvalue weighted by Gasteiger charge is -2.21. The lowest BCUT2D eigenvalue weighted by Crippen LogP contribution is -2.36. The van der Waals surface area contributed by atoms with Gasteiger partial charge in [-0.05, 0) is 70.3 Å². The lowest BCUT2D eigenvalue weighted by molar-refractivity contribution is -0.161. The number of nitrogen functional groups attached to an aromatic ring is 1. The van der Waals surface area contributed by atoms with E-state index in [4.69, 9.17) is 29.0 Å². The molecule has 1 aromatic rings. The Hall–Kier alpha value is -2.76. The number of phosphoric ester groups is 2. The molecule has 1 saturated heterocycles. The Bertz CT molecular complexity index is 1730. The van der Waals surface area contributed by atoms with E-state index in [2.05, 4.69) is 47.4 Å².